The van der Waals surface area contributed by atoms with Crippen molar-refractivity contribution in [3.05, 3.63) is 46.7 Å². The highest BCUT2D eigenvalue weighted by Crippen LogP contribution is 2.32. The fourth-order valence-corrected chi connectivity index (χ4v) is 5.30. The number of hydrogen-bond donors (Lipinski definition) is 2. The quantitative estimate of drug-likeness (QED) is 0.509. The van der Waals surface area contributed by atoms with E-state index in [2.05, 4.69) is 20.2 Å². The van der Waals surface area contributed by atoms with Crippen molar-refractivity contribution in [1.29, 1.82) is 0 Å². The number of nitrogens with zero attached hydrogens (tertiary/aromatic N) is 5. The number of carbonyl (C=O) groups is 2. The van der Waals surface area contributed by atoms with Gasteiger partial charge in [0.25, 0.3) is 0 Å². The zero-order valence-corrected chi connectivity index (χ0v) is 25.0. The first-order chi connectivity index (χ1) is 18.8. The van der Waals surface area contributed by atoms with E-state index in [1.165, 1.54) is 6.33 Å². The molecule has 40 heavy (non-hydrogen) atoms. The van der Waals surface area contributed by atoms with Crippen molar-refractivity contribution < 1.29 is 19.4 Å². The summed E-state index contributed by atoms with van der Waals surface area (Å²) in [5.74, 6) is 0.849. The van der Waals surface area contributed by atoms with Gasteiger partial charge in [0.15, 0.2) is 0 Å². The first-order valence-electron chi connectivity index (χ1n) is 13.9. The third-order valence-corrected chi connectivity index (χ3v) is 7.66. The number of aliphatic hydroxyl groups excluding tert-OH is 1. The molecular weight excluding hydrogens is 532 g/mol. The van der Waals surface area contributed by atoms with E-state index >= 15 is 0 Å². The Bertz CT molecular complexity index is 1190. The second-order valence-electron chi connectivity index (χ2n) is 11.9. The van der Waals surface area contributed by atoms with Crippen LogP contribution in [0.4, 0.5) is 16.4 Å². The monoisotopic (exact) mass is 572 g/mol. The number of fused-ring (bicyclic) bond motifs is 1. The van der Waals surface area contributed by atoms with Crippen LogP contribution in [-0.2, 0) is 16.0 Å². The van der Waals surface area contributed by atoms with Crippen LogP contribution in [0.5, 0.6) is 0 Å². The Morgan fingerprint density at radius 2 is 1.82 bits per heavy atom. The van der Waals surface area contributed by atoms with Crippen molar-refractivity contribution in [2.75, 3.05) is 42.9 Å². The molecule has 218 valence electrons. The minimum atomic E-state index is -0.842. The van der Waals surface area contributed by atoms with E-state index in [0.29, 0.717) is 43.4 Å². The summed E-state index contributed by atoms with van der Waals surface area (Å²) >= 11 is 6.17. The number of ether oxygens (including phenoxy) is 1. The molecule has 0 spiro atoms. The lowest BCUT2D eigenvalue weighted by molar-refractivity contribution is -0.119. The molecule has 2 aliphatic heterocycles. The van der Waals surface area contributed by atoms with E-state index in [4.69, 9.17) is 16.3 Å². The topological polar surface area (TPSA) is 111 Å². The van der Waals surface area contributed by atoms with Crippen LogP contribution in [0, 0.1) is 5.92 Å². The molecule has 4 rings (SSSR count). The molecule has 0 unspecified atom stereocenters. The fourth-order valence-electron chi connectivity index (χ4n) is 5.17. The molecule has 2 N–H and O–H groups in total. The van der Waals surface area contributed by atoms with Crippen molar-refractivity contribution in [1.82, 2.24) is 19.8 Å². The average Bonchev–Trinajstić information content (AvgIpc) is 2.89. The highest BCUT2D eigenvalue weighted by atomic mass is 35.5. The first-order valence-corrected chi connectivity index (χ1v) is 14.3. The van der Waals surface area contributed by atoms with Crippen molar-refractivity contribution >= 4 is 35.2 Å². The number of piperazine rings is 1. The van der Waals surface area contributed by atoms with Crippen LogP contribution in [0.25, 0.3) is 0 Å². The molecule has 2 aromatic rings. The van der Waals surface area contributed by atoms with Gasteiger partial charge in [-0.15, -0.1) is 0 Å². The Labute approximate surface area is 241 Å². The Morgan fingerprint density at radius 1 is 1.18 bits per heavy atom. The van der Waals surface area contributed by atoms with Crippen molar-refractivity contribution in [2.45, 2.75) is 71.8 Å². The number of benzene rings is 1. The van der Waals surface area contributed by atoms with Gasteiger partial charge in [0.05, 0.1) is 0 Å². The van der Waals surface area contributed by atoms with Gasteiger partial charge >= 0.3 is 6.09 Å². The molecule has 3 atom stereocenters. The molecular formula is C29H41ClN6O4. The predicted molar refractivity (Wildman–Crippen MR) is 156 cm³/mol. The summed E-state index contributed by atoms with van der Waals surface area (Å²) in [7, 11) is 0. The molecule has 2 aliphatic rings. The number of amides is 2. The zero-order valence-electron chi connectivity index (χ0n) is 24.2. The fraction of sp³-hybridized carbons (Fsp3) is 0.586. The summed E-state index contributed by atoms with van der Waals surface area (Å²) in [5, 5.41) is 15.2. The minimum absolute atomic E-state index is 0.0276. The summed E-state index contributed by atoms with van der Waals surface area (Å²) in [6.07, 6.45) is 0.826. The zero-order chi connectivity index (χ0) is 29.2. The van der Waals surface area contributed by atoms with Gasteiger partial charge in [0.1, 0.15) is 29.8 Å². The van der Waals surface area contributed by atoms with Gasteiger partial charge < -0.3 is 25.0 Å². The number of nitrogens with one attached hydrogen (secondary N) is 1. The summed E-state index contributed by atoms with van der Waals surface area (Å²) in [6, 6.07) is 7.30. The molecule has 0 bridgehead atoms. The standard InChI is InChI=1S/C29H41ClN6O4/c1-18(2)36(28(39)40-29(4,5)6)16-23(20-7-9-21(30)10-8-20)27(38)35-13-11-34(12-14-35)25-22-15-19(3)26(37)33-24(22)31-17-32-25/h7-10,17-19,23,27,38H,11-16H2,1-6H3,(H,31,32,33,37)/t19-,23+,27-/m0/s1. The van der Waals surface area contributed by atoms with Crippen molar-refractivity contribution in [2.24, 2.45) is 5.92 Å². The molecule has 0 radical (unpaired) electrons. The Hall–Kier alpha value is -2.95. The highest BCUT2D eigenvalue weighted by Gasteiger charge is 2.35. The lowest BCUT2D eigenvalue weighted by Gasteiger charge is -2.42. The number of carbonyl (C=O) groups excluding carboxylic acids is 2. The van der Waals surface area contributed by atoms with Gasteiger partial charge in [-0.05, 0) is 58.7 Å². The molecule has 1 fully saturated rings. The van der Waals surface area contributed by atoms with Gasteiger partial charge in [-0.1, -0.05) is 30.7 Å². The van der Waals surface area contributed by atoms with Gasteiger partial charge in [0, 0.05) is 61.2 Å². The molecule has 1 aromatic heterocycles. The van der Waals surface area contributed by atoms with Gasteiger partial charge in [-0.3, -0.25) is 9.69 Å². The minimum Gasteiger partial charge on any atom is -0.444 e. The average molecular weight is 573 g/mol. The molecule has 0 saturated carbocycles. The van der Waals surface area contributed by atoms with E-state index < -0.39 is 17.9 Å². The SMILES string of the molecule is CC(C)N(C[C@H](c1ccc(Cl)cc1)[C@H](O)N1CCN(c2ncnc3c2C[C@H](C)C(=O)N3)CC1)C(=O)OC(C)(C)C. The second kappa shape index (κ2) is 12.3. The normalized spacial score (nSPS) is 19.6. The lowest BCUT2D eigenvalue weighted by Crippen LogP contribution is -2.54. The first kappa shape index (κ1) is 30.0. The Balaban J connectivity index is 1.52. The number of aliphatic hydroxyl groups is 1. The molecule has 1 saturated heterocycles. The highest BCUT2D eigenvalue weighted by molar-refractivity contribution is 6.30. The molecule has 3 heterocycles. The molecule has 2 amide bonds. The largest absolute Gasteiger partial charge is 0.444 e. The summed E-state index contributed by atoms with van der Waals surface area (Å²) < 4.78 is 5.69. The van der Waals surface area contributed by atoms with Gasteiger partial charge in [0.2, 0.25) is 5.91 Å². The summed E-state index contributed by atoms with van der Waals surface area (Å²) in [5.41, 5.74) is 1.21. The van der Waals surface area contributed by atoms with E-state index in [9.17, 15) is 14.7 Å². The molecule has 10 nitrogen and oxygen atoms in total. The maximum absolute atomic E-state index is 13.1. The number of rotatable bonds is 7. The van der Waals surface area contributed by atoms with Crippen molar-refractivity contribution in [3.8, 4) is 0 Å². The Morgan fingerprint density at radius 3 is 2.42 bits per heavy atom. The van der Waals surface area contributed by atoms with E-state index in [-0.39, 0.29) is 30.3 Å². The van der Waals surface area contributed by atoms with Crippen LogP contribution < -0.4 is 10.2 Å². The van der Waals surface area contributed by atoms with E-state index in [0.717, 1.165) is 16.9 Å². The maximum atomic E-state index is 13.1. The van der Waals surface area contributed by atoms with Crippen LogP contribution >= 0.6 is 11.6 Å². The van der Waals surface area contributed by atoms with Gasteiger partial charge in [-0.25, -0.2) is 14.8 Å². The third kappa shape index (κ3) is 7.03. The van der Waals surface area contributed by atoms with Crippen LogP contribution in [0.2, 0.25) is 5.02 Å². The predicted octanol–water partition coefficient (Wildman–Crippen LogP) is 4.13. The Kier molecular flexibility index (Phi) is 9.22. The summed E-state index contributed by atoms with van der Waals surface area (Å²) in [4.78, 5) is 40.0. The number of halogens is 1. The number of anilines is 2. The maximum Gasteiger partial charge on any atom is 0.410 e. The van der Waals surface area contributed by atoms with E-state index in [1.807, 2.05) is 58.6 Å². The second-order valence-corrected chi connectivity index (χ2v) is 12.4. The molecule has 1 aromatic carbocycles. The smallest absolute Gasteiger partial charge is 0.410 e. The molecule has 11 heteroatoms. The number of hydrogen-bond acceptors (Lipinski definition) is 8. The summed E-state index contributed by atoms with van der Waals surface area (Å²) in [6.45, 7) is 14.1. The van der Waals surface area contributed by atoms with Crippen LogP contribution in [0.1, 0.15) is 58.6 Å². The number of aromatic nitrogens is 2. The van der Waals surface area contributed by atoms with Crippen LogP contribution in [0.15, 0.2) is 30.6 Å². The lowest BCUT2D eigenvalue weighted by atomic mass is 9.94. The van der Waals surface area contributed by atoms with Crippen LogP contribution in [0.3, 0.4) is 0 Å². The van der Waals surface area contributed by atoms with E-state index in [1.54, 1.807) is 17.0 Å². The van der Waals surface area contributed by atoms with Gasteiger partial charge in [-0.2, -0.15) is 0 Å². The third-order valence-electron chi connectivity index (χ3n) is 7.41. The molecule has 0 aliphatic carbocycles. The van der Waals surface area contributed by atoms with Crippen LogP contribution in [-0.4, -0.2) is 87.5 Å². The van der Waals surface area contributed by atoms with Crippen molar-refractivity contribution in [3.63, 3.8) is 0 Å².